The minimum absolute atomic E-state index is 0.229. The number of hydrogen-bond donors (Lipinski definition) is 0. The van der Waals surface area contributed by atoms with Crippen molar-refractivity contribution in [3.63, 3.8) is 0 Å². The number of nitrogens with zero attached hydrogens (tertiary/aromatic N) is 1. The van der Waals surface area contributed by atoms with Gasteiger partial charge in [0.15, 0.2) is 0 Å². The molecule has 1 atom stereocenters. The summed E-state index contributed by atoms with van der Waals surface area (Å²) < 4.78 is 5.37. The van der Waals surface area contributed by atoms with Crippen LogP contribution in [0.5, 0.6) is 0 Å². The SMILES string of the molecule is CCCCCCC(=O)N1CCOCC1CBr. The van der Waals surface area contributed by atoms with Gasteiger partial charge in [-0.3, -0.25) is 4.79 Å². The molecule has 0 aromatic rings. The first-order valence-corrected chi connectivity index (χ1v) is 7.35. The van der Waals surface area contributed by atoms with Gasteiger partial charge in [0.05, 0.1) is 19.3 Å². The van der Waals surface area contributed by atoms with Gasteiger partial charge in [-0.1, -0.05) is 42.1 Å². The van der Waals surface area contributed by atoms with Crippen molar-refractivity contribution in [2.75, 3.05) is 25.1 Å². The summed E-state index contributed by atoms with van der Waals surface area (Å²) in [5, 5.41) is 0.813. The molecular formula is C12H22BrNO2. The molecule has 0 aromatic carbocycles. The normalized spacial score (nSPS) is 21.1. The molecule has 1 saturated heterocycles. The first kappa shape index (κ1) is 14.0. The number of carbonyl (C=O) groups excluding carboxylic acids is 1. The van der Waals surface area contributed by atoms with E-state index in [-0.39, 0.29) is 6.04 Å². The quantitative estimate of drug-likeness (QED) is 0.556. The fourth-order valence-corrected chi connectivity index (χ4v) is 2.49. The largest absolute Gasteiger partial charge is 0.377 e. The van der Waals surface area contributed by atoms with Crippen LogP contribution in [0.15, 0.2) is 0 Å². The Morgan fingerprint density at radius 2 is 2.25 bits per heavy atom. The summed E-state index contributed by atoms with van der Waals surface area (Å²) >= 11 is 3.44. The van der Waals surface area contributed by atoms with Crippen LogP contribution in [0.2, 0.25) is 0 Å². The second-order valence-corrected chi connectivity index (χ2v) is 4.93. The van der Waals surface area contributed by atoms with Gasteiger partial charge in [-0.25, -0.2) is 0 Å². The molecule has 0 aliphatic carbocycles. The third kappa shape index (κ3) is 4.42. The molecule has 0 aromatic heterocycles. The van der Waals surface area contributed by atoms with Gasteiger partial charge < -0.3 is 9.64 Å². The predicted octanol–water partition coefficient (Wildman–Crippen LogP) is 2.58. The van der Waals surface area contributed by atoms with E-state index in [2.05, 4.69) is 22.9 Å². The summed E-state index contributed by atoms with van der Waals surface area (Å²) in [6.07, 6.45) is 5.35. The molecule has 1 aliphatic heterocycles. The molecule has 0 saturated carbocycles. The van der Waals surface area contributed by atoms with E-state index in [0.717, 1.165) is 18.3 Å². The number of rotatable bonds is 6. The highest BCUT2D eigenvalue weighted by Crippen LogP contribution is 2.13. The minimum atomic E-state index is 0.229. The maximum absolute atomic E-state index is 12.0. The molecule has 1 heterocycles. The highest BCUT2D eigenvalue weighted by atomic mass is 79.9. The Bertz CT molecular complexity index is 211. The third-order valence-electron chi connectivity index (χ3n) is 2.97. The molecule has 3 nitrogen and oxygen atoms in total. The molecule has 94 valence electrons. The predicted molar refractivity (Wildman–Crippen MR) is 68.9 cm³/mol. The molecule has 0 bridgehead atoms. The Hall–Kier alpha value is -0.0900. The topological polar surface area (TPSA) is 29.5 Å². The van der Waals surface area contributed by atoms with Crippen molar-refractivity contribution in [1.29, 1.82) is 0 Å². The average molecular weight is 292 g/mol. The van der Waals surface area contributed by atoms with E-state index in [1.165, 1.54) is 19.3 Å². The summed E-state index contributed by atoms with van der Waals surface area (Å²) in [5.74, 6) is 0.295. The van der Waals surface area contributed by atoms with Gasteiger partial charge in [-0.05, 0) is 6.42 Å². The Morgan fingerprint density at radius 3 is 2.94 bits per heavy atom. The number of amides is 1. The second kappa shape index (κ2) is 8.07. The fraction of sp³-hybridized carbons (Fsp3) is 0.917. The number of carbonyl (C=O) groups is 1. The van der Waals surface area contributed by atoms with E-state index >= 15 is 0 Å². The van der Waals surface area contributed by atoms with Gasteiger partial charge in [-0.2, -0.15) is 0 Å². The van der Waals surface area contributed by atoms with Crippen LogP contribution in [0.1, 0.15) is 39.0 Å². The van der Waals surface area contributed by atoms with Crippen molar-refractivity contribution < 1.29 is 9.53 Å². The first-order valence-electron chi connectivity index (χ1n) is 6.22. The van der Waals surface area contributed by atoms with E-state index in [1.54, 1.807) is 0 Å². The van der Waals surface area contributed by atoms with Crippen LogP contribution in [0.4, 0.5) is 0 Å². The number of halogens is 1. The summed E-state index contributed by atoms with van der Waals surface area (Å²) in [7, 11) is 0. The second-order valence-electron chi connectivity index (χ2n) is 4.28. The van der Waals surface area contributed by atoms with E-state index < -0.39 is 0 Å². The third-order valence-corrected chi connectivity index (χ3v) is 3.72. The van der Waals surface area contributed by atoms with Crippen LogP contribution in [0.3, 0.4) is 0 Å². The monoisotopic (exact) mass is 291 g/mol. The average Bonchev–Trinajstić information content (AvgIpc) is 2.34. The molecule has 1 rings (SSSR count). The Labute approximate surface area is 107 Å². The van der Waals surface area contributed by atoms with Gasteiger partial charge in [0.25, 0.3) is 0 Å². The Balaban J connectivity index is 2.27. The van der Waals surface area contributed by atoms with Crippen LogP contribution in [0.25, 0.3) is 0 Å². The zero-order valence-corrected chi connectivity index (χ0v) is 11.7. The molecule has 1 amide bonds. The van der Waals surface area contributed by atoms with E-state index in [0.29, 0.717) is 25.5 Å². The molecular weight excluding hydrogens is 270 g/mol. The number of alkyl halides is 1. The summed E-state index contributed by atoms with van der Waals surface area (Å²) in [6, 6.07) is 0.229. The number of ether oxygens (including phenoxy) is 1. The highest BCUT2D eigenvalue weighted by Gasteiger charge is 2.25. The zero-order valence-electron chi connectivity index (χ0n) is 10.1. The van der Waals surface area contributed by atoms with Gasteiger partial charge in [0.1, 0.15) is 0 Å². The maximum Gasteiger partial charge on any atom is 0.223 e. The standard InChI is InChI=1S/C12H22BrNO2/c1-2-3-4-5-6-12(15)14-7-8-16-10-11(14)9-13/h11H,2-10H2,1H3. The smallest absolute Gasteiger partial charge is 0.223 e. The molecule has 1 unspecified atom stereocenters. The molecule has 0 radical (unpaired) electrons. The molecule has 4 heteroatoms. The van der Waals surface area contributed by atoms with Gasteiger partial charge >= 0.3 is 0 Å². The maximum atomic E-state index is 12.0. The van der Waals surface area contributed by atoms with Gasteiger partial charge in [-0.15, -0.1) is 0 Å². The lowest BCUT2D eigenvalue weighted by Crippen LogP contribution is -2.49. The van der Waals surface area contributed by atoms with E-state index in [4.69, 9.17) is 4.74 Å². The van der Waals surface area contributed by atoms with E-state index in [9.17, 15) is 4.79 Å². The lowest BCUT2D eigenvalue weighted by atomic mass is 10.1. The van der Waals surface area contributed by atoms with Crippen molar-refractivity contribution in [1.82, 2.24) is 4.90 Å². The van der Waals surface area contributed by atoms with Crippen molar-refractivity contribution >= 4 is 21.8 Å². The molecule has 1 fully saturated rings. The number of unbranched alkanes of at least 4 members (excludes halogenated alkanes) is 3. The van der Waals surface area contributed by atoms with Crippen LogP contribution >= 0.6 is 15.9 Å². The van der Waals surface area contributed by atoms with E-state index in [1.807, 2.05) is 4.90 Å². The molecule has 0 N–H and O–H groups in total. The van der Waals surface area contributed by atoms with Crippen molar-refractivity contribution in [2.45, 2.75) is 45.1 Å². The van der Waals surface area contributed by atoms with Gasteiger partial charge in [0, 0.05) is 18.3 Å². The first-order chi connectivity index (χ1) is 7.79. The van der Waals surface area contributed by atoms with Crippen molar-refractivity contribution in [3.05, 3.63) is 0 Å². The highest BCUT2D eigenvalue weighted by molar-refractivity contribution is 9.09. The van der Waals surface area contributed by atoms with Crippen LogP contribution in [-0.2, 0) is 9.53 Å². The van der Waals surface area contributed by atoms with Crippen LogP contribution in [0, 0.1) is 0 Å². The fourth-order valence-electron chi connectivity index (χ4n) is 1.96. The van der Waals surface area contributed by atoms with Crippen molar-refractivity contribution in [2.24, 2.45) is 0 Å². The molecule has 1 aliphatic rings. The van der Waals surface area contributed by atoms with Gasteiger partial charge in [0.2, 0.25) is 5.91 Å². The Kier molecular flexibility index (Phi) is 7.05. The Morgan fingerprint density at radius 1 is 1.44 bits per heavy atom. The lowest BCUT2D eigenvalue weighted by molar-refractivity contribution is -0.138. The summed E-state index contributed by atoms with van der Waals surface area (Å²) in [5.41, 5.74) is 0. The number of hydrogen-bond acceptors (Lipinski definition) is 2. The summed E-state index contributed by atoms with van der Waals surface area (Å²) in [4.78, 5) is 14.0. The van der Waals surface area contributed by atoms with Crippen LogP contribution in [-0.4, -0.2) is 41.9 Å². The van der Waals surface area contributed by atoms with Crippen molar-refractivity contribution in [3.8, 4) is 0 Å². The minimum Gasteiger partial charge on any atom is -0.377 e. The molecule has 0 spiro atoms. The lowest BCUT2D eigenvalue weighted by Gasteiger charge is -2.34. The summed E-state index contributed by atoms with van der Waals surface area (Å²) in [6.45, 7) is 4.30. The zero-order chi connectivity index (χ0) is 11.8. The molecule has 16 heavy (non-hydrogen) atoms. The van der Waals surface area contributed by atoms with Crippen LogP contribution < -0.4 is 0 Å². The number of morpholine rings is 1.